The van der Waals surface area contributed by atoms with Gasteiger partial charge in [0, 0.05) is 19.3 Å². The van der Waals surface area contributed by atoms with Gasteiger partial charge in [0.1, 0.15) is 0 Å². The van der Waals surface area contributed by atoms with Crippen LogP contribution in [0.1, 0.15) is 18.7 Å². The van der Waals surface area contributed by atoms with Gasteiger partial charge in [0.25, 0.3) is 0 Å². The summed E-state index contributed by atoms with van der Waals surface area (Å²) in [5.41, 5.74) is 6.49. The Morgan fingerprint density at radius 2 is 2.09 bits per heavy atom. The van der Waals surface area contributed by atoms with Crippen LogP contribution in [0.4, 0.5) is 0 Å². The molecule has 1 aromatic rings. The van der Waals surface area contributed by atoms with Gasteiger partial charge in [-0.1, -0.05) is 0 Å². The lowest BCUT2D eigenvalue weighted by atomic mass is 10.3. The molecule has 0 amide bonds. The highest BCUT2D eigenvalue weighted by Crippen LogP contribution is 2.03. The standard InChI is InChI=1S/C6H11N3.2ClH/c1-5(7)6-3-9(2)4-8-6;;/h3-5H,7H2,1-2H3;2*1H. The Morgan fingerprint density at radius 3 is 2.27 bits per heavy atom. The van der Waals surface area contributed by atoms with Crippen molar-refractivity contribution in [3.63, 3.8) is 0 Å². The van der Waals surface area contributed by atoms with Gasteiger partial charge in [0.15, 0.2) is 0 Å². The molecule has 0 spiro atoms. The van der Waals surface area contributed by atoms with Gasteiger partial charge in [0.2, 0.25) is 0 Å². The van der Waals surface area contributed by atoms with E-state index in [0.717, 1.165) is 5.69 Å². The molecule has 1 rings (SSSR count). The third-order valence-corrected chi connectivity index (χ3v) is 1.19. The Morgan fingerprint density at radius 1 is 1.55 bits per heavy atom. The minimum absolute atomic E-state index is 0. The molecule has 0 bridgehead atoms. The smallest absolute Gasteiger partial charge is 0.0947 e. The van der Waals surface area contributed by atoms with Crippen LogP contribution >= 0.6 is 24.8 Å². The first kappa shape index (κ1) is 13.3. The Bertz CT molecular complexity index is 197. The molecule has 1 unspecified atom stereocenters. The van der Waals surface area contributed by atoms with E-state index in [1.807, 2.05) is 24.7 Å². The summed E-state index contributed by atoms with van der Waals surface area (Å²) >= 11 is 0. The maximum atomic E-state index is 5.55. The first-order valence-electron chi connectivity index (χ1n) is 2.93. The largest absolute Gasteiger partial charge is 0.340 e. The summed E-state index contributed by atoms with van der Waals surface area (Å²) in [6.45, 7) is 1.92. The fraction of sp³-hybridized carbons (Fsp3) is 0.500. The predicted octanol–water partition coefficient (Wildman–Crippen LogP) is 1.28. The number of rotatable bonds is 1. The van der Waals surface area contributed by atoms with Crippen LogP contribution in [0.15, 0.2) is 12.5 Å². The molecule has 0 aliphatic carbocycles. The van der Waals surface area contributed by atoms with Gasteiger partial charge in [-0.3, -0.25) is 0 Å². The molecule has 1 aromatic heterocycles. The average Bonchev–Trinajstić information content (AvgIpc) is 2.14. The fourth-order valence-corrected chi connectivity index (χ4v) is 0.668. The zero-order chi connectivity index (χ0) is 6.85. The molecule has 0 fully saturated rings. The number of nitrogens with two attached hydrogens (primary N) is 1. The number of aromatic nitrogens is 2. The van der Waals surface area contributed by atoms with Crippen molar-refractivity contribution in [1.29, 1.82) is 0 Å². The fourth-order valence-electron chi connectivity index (χ4n) is 0.668. The number of aryl methyl sites for hydroxylation is 1. The highest BCUT2D eigenvalue weighted by Gasteiger charge is 1.99. The molecule has 2 N–H and O–H groups in total. The molecule has 0 saturated carbocycles. The van der Waals surface area contributed by atoms with Crippen molar-refractivity contribution in [2.45, 2.75) is 13.0 Å². The third-order valence-electron chi connectivity index (χ3n) is 1.19. The minimum Gasteiger partial charge on any atom is -0.340 e. The van der Waals surface area contributed by atoms with Crippen LogP contribution in [0, 0.1) is 0 Å². The van der Waals surface area contributed by atoms with Gasteiger partial charge in [-0.05, 0) is 6.92 Å². The van der Waals surface area contributed by atoms with Crippen LogP contribution in [-0.2, 0) is 7.05 Å². The van der Waals surface area contributed by atoms with Gasteiger partial charge in [-0.2, -0.15) is 0 Å². The van der Waals surface area contributed by atoms with Crippen LogP contribution in [0.2, 0.25) is 0 Å². The van der Waals surface area contributed by atoms with E-state index in [1.165, 1.54) is 0 Å². The monoisotopic (exact) mass is 197 g/mol. The van der Waals surface area contributed by atoms with Crippen LogP contribution in [0.5, 0.6) is 0 Å². The summed E-state index contributed by atoms with van der Waals surface area (Å²) in [4.78, 5) is 4.05. The molecule has 3 nitrogen and oxygen atoms in total. The second-order valence-electron chi connectivity index (χ2n) is 2.25. The molecule has 0 saturated heterocycles. The molecule has 0 aromatic carbocycles. The lowest BCUT2D eigenvalue weighted by Crippen LogP contribution is -2.04. The van der Waals surface area contributed by atoms with Gasteiger partial charge >= 0.3 is 0 Å². The van der Waals surface area contributed by atoms with Crippen LogP contribution in [0.25, 0.3) is 0 Å². The molecule has 66 valence electrons. The number of hydrogen-bond donors (Lipinski definition) is 1. The summed E-state index contributed by atoms with van der Waals surface area (Å²) < 4.78 is 1.89. The van der Waals surface area contributed by atoms with Gasteiger partial charge in [-0.25, -0.2) is 4.98 Å². The van der Waals surface area contributed by atoms with E-state index in [4.69, 9.17) is 5.73 Å². The van der Waals surface area contributed by atoms with E-state index < -0.39 is 0 Å². The molecular weight excluding hydrogens is 185 g/mol. The van der Waals surface area contributed by atoms with Crippen molar-refractivity contribution in [2.75, 3.05) is 0 Å². The molecule has 0 aliphatic heterocycles. The van der Waals surface area contributed by atoms with Crippen molar-refractivity contribution in [3.8, 4) is 0 Å². The maximum Gasteiger partial charge on any atom is 0.0947 e. The van der Waals surface area contributed by atoms with E-state index in [0.29, 0.717) is 0 Å². The first-order valence-corrected chi connectivity index (χ1v) is 2.93. The second kappa shape index (κ2) is 5.41. The van der Waals surface area contributed by atoms with Crippen molar-refractivity contribution < 1.29 is 0 Å². The van der Waals surface area contributed by atoms with E-state index in [2.05, 4.69) is 4.98 Å². The van der Waals surface area contributed by atoms with Gasteiger partial charge in [0.05, 0.1) is 12.0 Å². The average molecular weight is 198 g/mol. The Kier molecular flexibility index (Phi) is 6.56. The summed E-state index contributed by atoms with van der Waals surface area (Å²) in [5.74, 6) is 0. The van der Waals surface area contributed by atoms with Crippen LogP contribution in [0.3, 0.4) is 0 Å². The summed E-state index contributed by atoms with van der Waals surface area (Å²) in [6, 6.07) is 0.0474. The lowest BCUT2D eigenvalue weighted by molar-refractivity contribution is 0.786. The van der Waals surface area contributed by atoms with Gasteiger partial charge in [-0.15, -0.1) is 24.8 Å². The predicted molar refractivity (Wildman–Crippen MR) is 50.3 cm³/mol. The van der Waals surface area contributed by atoms with E-state index in [1.54, 1.807) is 6.33 Å². The van der Waals surface area contributed by atoms with E-state index >= 15 is 0 Å². The summed E-state index contributed by atoms with van der Waals surface area (Å²) in [7, 11) is 1.93. The Balaban J connectivity index is 0. The molecule has 0 radical (unpaired) electrons. The van der Waals surface area contributed by atoms with E-state index in [9.17, 15) is 0 Å². The molecule has 11 heavy (non-hydrogen) atoms. The zero-order valence-corrected chi connectivity index (χ0v) is 8.15. The lowest BCUT2D eigenvalue weighted by Gasteiger charge is -1.95. The molecule has 5 heteroatoms. The topological polar surface area (TPSA) is 43.8 Å². The molecular formula is C6H13Cl2N3. The number of halogens is 2. The van der Waals surface area contributed by atoms with Crippen molar-refractivity contribution >= 4 is 24.8 Å². The van der Waals surface area contributed by atoms with Crippen molar-refractivity contribution in [2.24, 2.45) is 12.8 Å². The SMILES string of the molecule is CC(N)c1cn(C)cn1.Cl.Cl. The third kappa shape index (κ3) is 3.60. The molecule has 0 aliphatic rings. The second-order valence-corrected chi connectivity index (χ2v) is 2.25. The minimum atomic E-state index is 0. The number of nitrogens with zero attached hydrogens (tertiary/aromatic N) is 2. The zero-order valence-electron chi connectivity index (χ0n) is 6.52. The highest BCUT2D eigenvalue weighted by atomic mass is 35.5. The van der Waals surface area contributed by atoms with Gasteiger partial charge < -0.3 is 10.3 Å². The highest BCUT2D eigenvalue weighted by molar-refractivity contribution is 5.85. The van der Waals surface area contributed by atoms with Crippen LogP contribution in [-0.4, -0.2) is 9.55 Å². The molecule has 1 atom stereocenters. The Labute approximate surface area is 78.8 Å². The number of hydrogen-bond acceptors (Lipinski definition) is 2. The first-order chi connectivity index (χ1) is 4.20. The number of imidazole rings is 1. The van der Waals surface area contributed by atoms with Crippen LogP contribution < -0.4 is 5.73 Å². The van der Waals surface area contributed by atoms with Crippen molar-refractivity contribution in [3.05, 3.63) is 18.2 Å². The quantitative estimate of drug-likeness (QED) is 0.738. The van der Waals surface area contributed by atoms with Crippen molar-refractivity contribution in [1.82, 2.24) is 9.55 Å². The Hall–Kier alpha value is -0.250. The summed E-state index contributed by atoms with van der Waals surface area (Å²) in [6.07, 6.45) is 3.67. The molecule has 1 heterocycles. The van der Waals surface area contributed by atoms with E-state index in [-0.39, 0.29) is 30.9 Å². The summed E-state index contributed by atoms with van der Waals surface area (Å²) in [5, 5.41) is 0. The maximum absolute atomic E-state index is 5.55. The normalized spacial score (nSPS) is 11.2.